The highest BCUT2D eigenvalue weighted by atomic mass is 16.6. The molecule has 2 aromatic carbocycles. The third-order valence-corrected chi connectivity index (χ3v) is 3.20. The van der Waals surface area contributed by atoms with Gasteiger partial charge in [-0.25, -0.2) is 0 Å². The van der Waals surface area contributed by atoms with Gasteiger partial charge in [-0.05, 0) is 48.0 Å². The number of nitrogens with zero attached hydrogens (tertiary/aromatic N) is 1. The summed E-state index contributed by atoms with van der Waals surface area (Å²) in [7, 11) is 1.60. The summed E-state index contributed by atoms with van der Waals surface area (Å²) in [5.74, 6) is 6.26. The molecule has 0 saturated carbocycles. The quantitative estimate of drug-likeness (QED) is 0.394. The van der Waals surface area contributed by atoms with Crippen LogP contribution in [0.2, 0.25) is 0 Å². The lowest BCUT2D eigenvalue weighted by atomic mass is 10.2. The summed E-state index contributed by atoms with van der Waals surface area (Å²) in [5, 5.41) is 13.2. The first-order valence-electron chi connectivity index (χ1n) is 7.42. The summed E-state index contributed by atoms with van der Waals surface area (Å²) >= 11 is 0. The molecule has 0 radical (unpaired) electrons. The molecule has 2 aromatic rings. The Kier molecular flexibility index (Phi) is 6.32. The number of ether oxygens (including phenoxy) is 1. The number of amides is 1. The van der Waals surface area contributed by atoms with Crippen molar-refractivity contribution < 1.29 is 14.5 Å². The number of nitro benzene ring substituents is 1. The van der Waals surface area contributed by atoms with Crippen molar-refractivity contribution in [2.45, 2.75) is 0 Å². The highest BCUT2D eigenvalue weighted by Crippen LogP contribution is 2.12. The van der Waals surface area contributed by atoms with E-state index in [1.807, 2.05) is 24.3 Å². The molecular formula is C19H16N2O4. The molecule has 0 aliphatic carbocycles. The Balaban J connectivity index is 1.82. The van der Waals surface area contributed by atoms with Crippen LogP contribution < -0.4 is 10.1 Å². The SMILES string of the molecule is COc1ccc(C#CCNC(=O)/C=C/c2ccc([N+](=O)[O-])cc2)cc1. The molecule has 0 heterocycles. The van der Waals surface area contributed by atoms with Crippen molar-refractivity contribution in [1.29, 1.82) is 0 Å². The van der Waals surface area contributed by atoms with Crippen molar-refractivity contribution in [3.05, 3.63) is 75.8 Å². The van der Waals surface area contributed by atoms with Crippen molar-refractivity contribution in [2.75, 3.05) is 13.7 Å². The molecule has 2 rings (SSSR count). The van der Waals surface area contributed by atoms with E-state index in [4.69, 9.17) is 4.74 Å². The maximum Gasteiger partial charge on any atom is 0.269 e. The van der Waals surface area contributed by atoms with E-state index in [2.05, 4.69) is 17.2 Å². The standard InChI is InChI=1S/C19H16N2O4/c1-25-18-11-6-15(7-12-18)3-2-14-20-19(22)13-8-16-4-9-17(10-5-16)21(23)24/h4-13H,14H2,1H3,(H,20,22)/b13-8+. The second-order valence-electron chi connectivity index (χ2n) is 4.93. The van der Waals surface area contributed by atoms with Gasteiger partial charge in [0, 0.05) is 23.8 Å². The van der Waals surface area contributed by atoms with Crippen molar-refractivity contribution in [3.8, 4) is 17.6 Å². The Hall–Kier alpha value is -3.59. The summed E-state index contributed by atoms with van der Waals surface area (Å²) in [6.45, 7) is 0.218. The molecule has 0 aliphatic heterocycles. The van der Waals surface area contributed by atoms with Gasteiger partial charge in [0.05, 0.1) is 18.6 Å². The first-order chi connectivity index (χ1) is 12.1. The lowest BCUT2D eigenvalue weighted by Gasteiger charge is -1.98. The van der Waals surface area contributed by atoms with Crippen LogP contribution in [0, 0.1) is 22.0 Å². The van der Waals surface area contributed by atoms with Crippen LogP contribution in [0.4, 0.5) is 5.69 Å². The van der Waals surface area contributed by atoms with Gasteiger partial charge in [-0.1, -0.05) is 11.8 Å². The van der Waals surface area contributed by atoms with E-state index in [1.165, 1.54) is 18.2 Å². The molecule has 0 spiro atoms. The summed E-state index contributed by atoms with van der Waals surface area (Å²) in [5.41, 5.74) is 1.54. The maximum absolute atomic E-state index is 11.7. The molecule has 0 aliphatic rings. The number of carbonyl (C=O) groups excluding carboxylic acids is 1. The number of carbonyl (C=O) groups is 1. The third-order valence-electron chi connectivity index (χ3n) is 3.20. The highest BCUT2D eigenvalue weighted by Gasteiger charge is 2.02. The summed E-state index contributed by atoms with van der Waals surface area (Å²) in [6.07, 6.45) is 2.94. The van der Waals surface area contributed by atoms with Crippen LogP contribution in [0.5, 0.6) is 5.75 Å². The number of hydrogen-bond donors (Lipinski definition) is 1. The number of rotatable bonds is 5. The minimum Gasteiger partial charge on any atom is -0.497 e. The van der Waals surface area contributed by atoms with Crippen LogP contribution in [0.1, 0.15) is 11.1 Å². The normalized spacial score (nSPS) is 9.96. The van der Waals surface area contributed by atoms with E-state index in [0.29, 0.717) is 5.56 Å². The number of hydrogen-bond acceptors (Lipinski definition) is 4. The molecule has 0 fully saturated rings. The van der Waals surface area contributed by atoms with E-state index >= 15 is 0 Å². The largest absolute Gasteiger partial charge is 0.497 e. The minimum atomic E-state index is -0.471. The molecule has 0 unspecified atom stereocenters. The Morgan fingerprint density at radius 3 is 2.48 bits per heavy atom. The van der Waals surface area contributed by atoms with Gasteiger partial charge in [0.15, 0.2) is 0 Å². The molecule has 25 heavy (non-hydrogen) atoms. The van der Waals surface area contributed by atoms with E-state index in [1.54, 1.807) is 25.3 Å². The smallest absolute Gasteiger partial charge is 0.269 e. The predicted octanol–water partition coefficient (Wildman–Crippen LogP) is 2.78. The number of methoxy groups -OCH3 is 1. The number of non-ortho nitro benzene ring substituents is 1. The molecule has 1 amide bonds. The molecular weight excluding hydrogens is 320 g/mol. The molecule has 6 heteroatoms. The van der Waals surface area contributed by atoms with Gasteiger partial charge in [0.25, 0.3) is 5.69 Å². The summed E-state index contributed by atoms with van der Waals surface area (Å²) in [4.78, 5) is 21.8. The lowest BCUT2D eigenvalue weighted by Crippen LogP contribution is -2.20. The van der Waals surface area contributed by atoms with Gasteiger partial charge in [-0.3, -0.25) is 14.9 Å². The van der Waals surface area contributed by atoms with Crippen LogP contribution >= 0.6 is 0 Å². The van der Waals surface area contributed by atoms with Crippen molar-refractivity contribution >= 4 is 17.7 Å². The topological polar surface area (TPSA) is 81.5 Å². The molecule has 126 valence electrons. The zero-order chi connectivity index (χ0) is 18.1. The van der Waals surface area contributed by atoms with Gasteiger partial charge < -0.3 is 10.1 Å². The Labute approximate surface area is 145 Å². The van der Waals surface area contributed by atoms with Crippen LogP contribution in [0.25, 0.3) is 6.08 Å². The fourth-order valence-electron chi connectivity index (χ4n) is 1.89. The van der Waals surface area contributed by atoms with Gasteiger partial charge >= 0.3 is 0 Å². The van der Waals surface area contributed by atoms with Gasteiger partial charge in [-0.15, -0.1) is 0 Å². The van der Waals surface area contributed by atoms with Crippen LogP contribution in [-0.2, 0) is 4.79 Å². The van der Waals surface area contributed by atoms with Crippen LogP contribution in [0.15, 0.2) is 54.6 Å². The molecule has 6 nitrogen and oxygen atoms in total. The number of nitro groups is 1. The van der Waals surface area contributed by atoms with Gasteiger partial charge in [0.2, 0.25) is 5.91 Å². The zero-order valence-corrected chi connectivity index (χ0v) is 13.6. The lowest BCUT2D eigenvalue weighted by molar-refractivity contribution is -0.384. The van der Waals surface area contributed by atoms with Crippen molar-refractivity contribution in [2.24, 2.45) is 0 Å². The Bertz CT molecular complexity index is 828. The van der Waals surface area contributed by atoms with Gasteiger partial charge in [0.1, 0.15) is 5.75 Å². The Morgan fingerprint density at radius 1 is 1.20 bits per heavy atom. The molecule has 0 atom stereocenters. The van der Waals surface area contributed by atoms with E-state index < -0.39 is 4.92 Å². The van der Waals surface area contributed by atoms with E-state index in [0.717, 1.165) is 11.3 Å². The third kappa shape index (κ3) is 5.84. The van der Waals surface area contributed by atoms with Gasteiger partial charge in [-0.2, -0.15) is 0 Å². The van der Waals surface area contributed by atoms with E-state index in [-0.39, 0.29) is 18.1 Å². The summed E-state index contributed by atoms with van der Waals surface area (Å²) < 4.78 is 5.06. The summed E-state index contributed by atoms with van der Waals surface area (Å²) in [6, 6.07) is 13.2. The second-order valence-corrected chi connectivity index (χ2v) is 4.93. The number of nitrogens with one attached hydrogen (secondary N) is 1. The zero-order valence-electron chi connectivity index (χ0n) is 13.6. The fraction of sp³-hybridized carbons (Fsp3) is 0.105. The maximum atomic E-state index is 11.7. The average molecular weight is 336 g/mol. The first kappa shape index (κ1) is 17.8. The molecule has 0 bridgehead atoms. The first-order valence-corrected chi connectivity index (χ1v) is 7.42. The number of benzene rings is 2. The highest BCUT2D eigenvalue weighted by molar-refractivity contribution is 5.91. The molecule has 0 saturated heterocycles. The monoisotopic (exact) mass is 336 g/mol. The minimum absolute atomic E-state index is 0.00964. The predicted molar refractivity (Wildman–Crippen MR) is 95.0 cm³/mol. The Morgan fingerprint density at radius 2 is 1.88 bits per heavy atom. The molecule has 0 aromatic heterocycles. The van der Waals surface area contributed by atoms with Crippen molar-refractivity contribution in [1.82, 2.24) is 5.32 Å². The van der Waals surface area contributed by atoms with Crippen LogP contribution in [0.3, 0.4) is 0 Å². The molecule has 1 N–H and O–H groups in total. The fourth-order valence-corrected chi connectivity index (χ4v) is 1.89. The average Bonchev–Trinajstić information content (AvgIpc) is 2.64. The van der Waals surface area contributed by atoms with Crippen LogP contribution in [-0.4, -0.2) is 24.5 Å². The van der Waals surface area contributed by atoms with E-state index in [9.17, 15) is 14.9 Å². The second kappa shape index (κ2) is 8.89. The van der Waals surface area contributed by atoms with Crippen molar-refractivity contribution in [3.63, 3.8) is 0 Å².